The minimum Gasteiger partial charge on any atom is -0.239 e. The third kappa shape index (κ3) is 3.73. The highest BCUT2D eigenvalue weighted by Gasteiger charge is 2.25. The Morgan fingerprint density at radius 3 is 1.90 bits per heavy atom. The minimum absolute atomic E-state index is 0.0301. The van der Waals surface area contributed by atoms with Crippen LogP contribution in [0.4, 0.5) is 0 Å². The summed E-state index contributed by atoms with van der Waals surface area (Å²) in [5, 5.41) is 2.51. The van der Waals surface area contributed by atoms with Gasteiger partial charge in [0.05, 0.1) is 14.7 Å². The van der Waals surface area contributed by atoms with Crippen molar-refractivity contribution in [1.82, 2.24) is 0 Å². The molecule has 0 radical (unpaired) electrons. The Morgan fingerprint density at radius 1 is 0.724 bits per heavy atom. The minimum atomic E-state index is -4.13. The van der Waals surface area contributed by atoms with E-state index in [9.17, 15) is 12.6 Å². The second-order valence-electron chi connectivity index (χ2n) is 6.80. The normalized spacial score (nSPS) is 13.9. The molecule has 0 aliphatic carbocycles. The highest BCUT2D eigenvalue weighted by Crippen LogP contribution is 2.36. The number of benzene rings is 3. The molecule has 0 aliphatic rings. The summed E-state index contributed by atoms with van der Waals surface area (Å²) in [6.07, 6.45) is 0. The van der Waals surface area contributed by atoms with Gasteiger partial charge in [-0.2, -0.15) is 8.42 Å². The molecule has 0 unspecified atom stereocenters. The first kappa shape index (κ1) is 19.8. The fourth-order valence-electron chi connectivity index (χ4n) is 2.99. The van der Waals surface area contributed by atoms with Gasteiger partial charge in [-0.15, -0.1) is 11.3 Å². The highest BCUT2D eigenvalue weighted by atomic mass is 32.3. The van der Waals surface area contributed by atoms with Gasteiger partial charge >= 0.3 is 0 Å². The van der Waals surface area contributed by atoms with Crippen molar-refractivity contribution in [3.63, 3.8) is 0 Å². The molecule has 1 atom stereocenters. The van der Waals surface area contributed by atoms with Gasteiger partial charge in [-0.1, -0.05) is 57.4 Å². The van der Waals surface area contributed by atoms with Gasteiger partial charge in [-0.05, 0) is 44.2 Å². The largest absolute Gasteiger partial charge is 0.290 e. The van der Waals surface area contributed by atoms with Crippen molar-refractivity contribution < 1.29 is 12.6 Å². The number of thiophene rings is 1. The van der Waals surface area contributed by atoms with Crippen LogP contribution in [0.25, 0.3) is 10.1 Å². The van der Waals surface area contributed by atoms with Gasteiger partial charge in [-0.3, -0.25) is 0 Å². The molecule has 29 heavy (non-hydrogen) atoms. The number of nitrogens with zero attached hydrogens (tertiary/aromatic N) is 1. The van der Waals surface area contributed by atoms with Crippen LogP contribution < -0.4 is 0 Å². The van der Waals surface area contributed by atoms with Gasteiger partial charge in [0, 0.05) is 15.5 Å². The molecule has 148 valence electrons. The fourth-order valence-corrected chi connectivity index (χ4v) is 8.38. The molecular formula is C22H19NO3S3. The molecule has 4 rings (SSSR count). The second kappa shape index (κ2) is 7.40. The summed E-state index contributed by atoms with van der Waals surface area (Å²) in [6, 6.07) is 20.9. The van der Waals surface area contributed by atoms with Gasteiger partial charge in [0.1, 0.15) is 9.73 Å². The lowest BCUT2D eigenvalue weighted by molar-refractivity contribution is 0.598. The number of sulfonamides is 1. The monoisotopic (exact) mass is 441 g/mol. The molecule has 0 aliphatic heterocycles. The Morgan fingerprint density at radius 2 is 1.28 bits per heavy atom. The van der Waals surface area contributed by atoms with E-state index >= 15 is 0 Å². The van der Waals surface area contributed by atoms with Crippen molar-refractivity contribution in [1.29, 1.82) is 0 Å². The SMILES string of the molecule is Cc1ccc(S(=O)(=O)N=[S@@](=O)(c2ccc(C)cc2)c2csc3ccccc23)cc1. The van der Waals surface area contributed by atoms with Crippen molar-refractivity contribution in [2.75, 3.05) is 0 Å². The molecule has 1 aromatic heterocycles. The lowest BCUT2D eigenvalue weighted by Gasteiger charge is -2.11. The zero-order valence-corrected chi connectivity index (χ0v) is 18.4. The van der Waals surface area contributed by atoms with Crippen molar-refractivity contribution in [3.8, 4) is 0 Å². The van der Waals surface area contributed by atoms with Crippen molar-refractivity contribution in [2.24, 2.45) is 3.77 Å². The van der Waals surface area contributed by atoms with Crippen LogP contribution in [0.1, 0.15) is 11.1 Å². The van der Waals surface area contributed by atoms with Crippen LogP contribution in [0.2, 0.25) is 0 Å². The maximum absolute atomic E-state index is 14.3. The van der Waals surface area contributed by atoms with Crippen molar-refractivity contribution in [3.05, 3.63) is 89.3 Å². The zero-order chi connectivity index (χ0) is 20.6. The van der Waals surface area contributed by atoms with Gasteiger partial charge in [-0.25, -0.2) is 4.21 Å². The van der Waals surface area contributed by atoms with Crippen molar-refractivity contribution >= 4 is 41.2 Å². The van der Waals surface area contributed by atoms with Crippen molar-refractivity contribution in [2.45, 2.75) is 28.5 Å². The third-order valence-corrected chi connectivity index (χ3v) is 10.1. The topological polar surface area (TPSA) is 63.6 Å². The van der Waals surface area contributed by atoms with Crippen LogP contribution in [-0.4, -0.2) is 12.6 Å². The summed E-state index contributed by atoms with van der Waals surface area (Å²) in [7, 11) is -7.55. The smallest absolute Gasteiger partial charge is 0.239 e. The van der Waals surface area contributed by atoms with E-state index in [2.05, 4.69) is 3.77 Å². The van der Waals surface area contributed by atoms with Crippen LogP contribution in [0.3, 0.4) is 0 Å². The molecule has 0 saturated carbocycles. The molecule has 0 N–H and O–H groups in total. The number of aryl methyl sites for hydroxylation is 2. The molecule has 1 heterocycles. The molecule has 7 heteroatoms. The van der Waals surface area contributed by atoms with Crippen LogP contribution in [0.5, 0.6) is 0 Å². The maximum atomic E-state index is 14.3. The Balaban J connectivity index is 2.03. The van der Waals surface area contributed by atoms with E-state index in [0.29, 0.717) is 9.79 Å². The zero-order valence-electron chi connectivity index (χ0n) is 15.9. The summed E-state index contributed by atoms with van der Waals surface area (Å²) in [4.78, 5) is 0.836. The van der Waals surface area contributed by atoms with E-state index in [4.69, 9.17) is 0 Å². The first-order valence-electron chi connectivity index (χ1n) is 8.93. The summed E-state index contributed by atoms with van der Waals surface area (Å²) < 4.78 is 45.4. The molecule has 0 saturated heterocycles. The summed E-state index contributed by atoms with van der Waals surface area (Å²) >= 11 is 1.43. The molecule has 0 bridgehead atoms. The average Bonchev–Trinajstić information content (AvgIpc) is 3.13. The first-order chi connectivity index (χ1) is 13.8. The van der Waals surface area contributed by atoms with E-state index in [1.165, 1.54) is 23.5 Å². The number of hydrogen-bond acceptors (Lipinski definition) is 4. The Hall–Kier alpha value is -2.48. The Bertz CT molecular complexity index is 1410. The lowest BCUT2D eigenvalue weighted by Crippen LogP contribution is -2.07. The highest BCUT2D eigenvalue weighted by molar-refractivity contribution is 8.03. The van der Waals surface area contributed by atoms with Crippen LogP contribution in [-0.2, 0) is 19.8 Å². The molecule has 4 nitrogen and oxygen atoms in total. The molecule has 4 aromatic rings. The first-order valence-corrected chi connectivity index (χ1v) is 12.8. The molecule has 0 amide bonds. The van der Waals surface area contributed by atoms with E-state index in [1.807, 2.05) is 50.2 Å². The summed E-state index contributed by atoms with van der Waals surface area (Å²) in [5.74, 6) is 0. The molecular weight excluding hydrogens is 422 g/mol. The number of hydrogen-bond donors (Lipinski definition) is 0. The van der Waals surface area contributed by atoms with Gasteiger partial charge in [0.2, 0.25) is 0 Å². The van der Waals surface area contributed by atoms with E-state index < -0.39 is 19.8 Å². The summed E-state index contributed by atoms with van der Waals surface area (Å²) in [6.45, 7) is 3.80. The predicted octanol–water partition coefficient (Wildman–Crippen LogP) is 5.79. The van der Waals surface area contributed by atoms with E-state index in [1.54, 1.807) is 29.6 Å². The molecule has 0 spiro atoms. The molecule has 3 aromatic carbocycles. The lowest BCUT2D eigenvalue weighted by atomic mass is 10.2. The standard InChI is InChI=1S/C22H19NO3S3/c1-16-7-11-18(12-8-16)28(24,22-15-27-21-6-4-3-5-20(21)22)23-29(25,26)19-13-9-17(2)10-14-19/h3-15H,1-2H3/t28-/m1/s1. The fraction of sp³-hybridized carbons (Fsp3) is 0.0909. The van der Waals surface area contributed by atoms with E-state index in [0.717, 1.165) is 21.2 Å². The van der Waals surface area contributed by atoms with E-state index in [-0.39, 0.29) is 4.90 Å². The number of rotatable bonds is 4. The third-order valence-electron chi connectivity index (χ3n) is 4.61. The Labute approximate surface area is 175 Å². The van der Waals surface area contributed by atoms with Crippen LogP contribution in [0, 0.1) is 13.8 Å². The second-order valence-corrected chi connectivity index (χ2v) is 11.7. The number of fused-ring (bicyclic) bond motifs is 1. The quantitative estimate of drug-likeness (QED) is 0.402. The maximum Gasteiger partial charge on any atom is 0.290 e. The molecule has 0 fully saturated rings. The van der Waals surface area contributed by atoms with Gasteiger partial charge in [0.15, 0.2) is 0 Å². The average molecular weight is 442 g/mol. The van der Waals surface area contributed by atoms with Crippen LogP contribution >= 0.6 is 11.3 Å². The summed E-state index contributed by atoms with van der Waals surface area (Å²) in [5.41, 5.74) is 1.93. The van der Waals surface area contributed by atoms with Gasteiger partial charge in [0.25, 0.3) is 10.0 Å². The van der Waals surface area contributed by atoms with Crippen LogP contribution in [0.15, 0.2) is 96.6 Å². The Kier molecular flexibility index (Phi) is 5.06. The predicted molar refractivity (Wildman–Crippen MR) is 118 cm³/mol. The van der Waals surface area contributed by atoms with Gasteiger partial charge < -0.3 is 0 Å².